The molecule has 5 nitrogen and oxygen atoms in total. The summed E-state index contributed by atoms with van der Waals surface area (Å²) in [6, 6.07) is 8.66. The smallest absolute Gasteiger partial charge is 0.121 e. The van der Waals surface area contributed by atoms with Crippen LogP contribution in [0.25, 0.3) is 23.2 Å². The van der Waals surface area contributed by atoms with Crippen LogP contribution < -0.4 is 4.74 Å². The lowest BCUT2D eigenvalue weighted by molar-refractivity contribution is 0.218. The van der Waals surface area contributed by atoms with Crippen LogP contribution in [0.4, 0.5) is 0 Å². The number of nitrogens with zero attached hydrogens (tertiary/aromatic N) is 4. The number of aromatic nitrogens is 3. The molecule has 0 aliphatic carbocycles. The van der Waals surface area contributed by atoms with E-state index in [4.69, 9.17) is 9.72 Å². The predicted molar refractivity (Wildman–Crippen MR) is 115 cm³/mol. The second kappa shape index (κ2) is 7.76. The van der Waals surface area contributed by atoms with Crippen LogP contribution in [-0.4, -0.2) is 46.7 Å². The lowest BCUT2D eigenvalue weighted by atomic mass is 10.0. The lowest BCUT2D eigenvalue weighted by Gasteiger charge is -2.31. The highest BCUT2D eigenvalue weighted by atomic mass is 16.5. The third-order valence-corrected chi connectivity index (χ3v) is 5.78. The molecule has 1 aliphatic heterocycles. The van der Waals surface area contributed by atoms with Crippen LogP contribution in [0.3, 0.4) is 0 Å². The van der Waals surface area contributed by atoms with Crippen molar-refractivity contribution >= 4 is 23.2 Å². The zero-order valence-corrected chi connectivity index (χ0v) is 17.1. The Kier molecular flexibility index (Phi) is 5.18. The fourth-order valence-corrected chi connectivity index (χ4v) is 4.17. The molecule has 3 aromatic rings. The highest BCUT2D eigenvalue weighted by molar-refractivity contribution is 5.78. The van der Waals surface area contributed by atoms with Gasteiger partial charge >= 0.3 is 0 Å². The molecule has 0 amide bonds. The molecule has 1 aromatic carbocycles. The summed E-state index contributed by atoms with van der Waals surface area (Å²) in [7, 11) is 3.87. The van der Waals surface area contributed by atoms with E-state index in [0.717, 1.165) is 22.5 Å². The molecule has 3 heterocycles. The summed E-state index contributed by atoms with van der Waals surface area (Å²) in [5.41, 5.74) is 6.51. The lowest BCUT2D eigenvalue weighted by Crippen LogP contribution is -2.32. The summed E-state index contributed by atoms with van der Waals surface area (Å²) < 4.78 is 7.77. The van der Waals surface area contributed by atoms with Gasteiger partial charge in [0.1, 0.15) is 5.75 Å². The number of aryl methyl sites for hydroxylation is 1. The van der Waals surface area contributed by atoms with Gasteiger partial charge in [0.15, 0.2) is 0 Å². The number of likely N-dealkylation sites (tertiary alicyclic amines) is 1. The van der Waals surface area contributed by atoms with Gasteiger partial charge in [-0.05, 0) is 76.7 Å². The first-order chi connectivity index (χ1) is 13.5. The molecule has 28 heavy (non-hydrogen) atoms. The Balaban J connectivity index is 1.58. The molecule has 0 unspecified atom stereocenters. The molecule has 4 rings (SSSR count). The van der Waals surface area contributed by atoms with E-state index < -0.39 is 0 Å². The summed E-state index contributed by atoms with van der Waals surface area (Å²) in [6.45, 7) is 6.78. The molecule has 5 heteroatoms. The Bertz CT molecular complexity index is 1010. The average molecular weight is 377 g/mol. The molecule has 0 bridgehead atoms. The van der Waals surface area contributed by atoms with E-state index in [2.05, 4.69) is 53.6 Å². The first-order valence-corrected chi connectivity index (χ1v) is 9.91. The molecule has 0 spiro atoms. The van der Waals surface area contributed by atoms with Crippen LogP contribution in [0, 0.1) is 13.8 Å². The third kappa shape index (κ3) is 3.67. The van der Waals surface area contributed by atoms with Gasteiger partial charge < -0.3 is 14.2 Å². The van der Waals surface area contributed by atoms with E-state index in [1.807, 2.05) is 24.4 Å². The minimum atomic E-state index is 0.605. The van der Waals surface area contributed by atoms with Crippen LogP contribution in [0.2, 0.25) is 0 Å². The standard InChI is InChI=1S/C23H28N4O/c1-16-13-18(17(2)27(16)20-9-11-26(3)12-10-20)5-6-19-15-24-23-14-21(28-4)7-8-22(23)25-19/h5-8,13-15,20H,9-12H2,1-4H3/b6-5+. The zero-order chi connectivity index (χ0) is 19.7. The first kappa shape index (κ1) is 18.7. The Morgan fingerprint density at radius 3 is 2.61 bits per heavy atom. The van der Waals surface area contributed by atoms with Crippen LogP contribution in [0.1, 0.15) is 41.5 Å². The number of benzene rings is 1. The summed E-state index contributed by atoms with van der Waals surface area (Å²) in [4.78, 5) is 11.6. The van der Waals surface area contributed by atoms with Crippen molar-refractivity contribution in [2.24, 2.45) is 0 Å². The van der Waals surface area contributed by atoms with Crippen molar-refractivity contribution in [3.05, 3.63) is 53.1 Å². The van der Waals surface area contributed by atoms with E-state index in [-0.39, 0.29) is 0 Å². The SMILES string of the molecule is COc1ccc2nc(/C=C/c3cc(C)n(C4CCN(C)CC4)c3C)cnc2c1. The Hall–Kier alpha value is -2.66. The zero-order valence-electron chi connectivity index (χ0n) is 17.1. The van der Waals surface area contributed by atoms with Gasteiger partial charge in [-0.1, -0.05) is 6.08 Å². The van der Waals surface area contributed by atoms with Gasteiger partial charge in [-0.15, -0.1) is 0 Å². The summed E-state index contributed by atoms with van der Waals surface area (Å²) in [6.07, 6.45) is 8.46. The van der Waals surface area contributed by atoms with Gasteiger partial charge in [0.2, 0.25) is 0 Å². The molecule has 146 valence electrons. The van der Waals surface area contributed by atoms with E-state index in [9.17, 15) is 0 Å². The van der Waals surface area contributed by atoms with Crippen molar-refractivity contribution in [3.8, 4) is 5.75 Å². The number of ether oxygens (including phenoxy) is 1. The normalized spacial score (nSPS) is 16.3. The van der Waals surface area contributed by atoms with Gasteiger partial charge in [0, 0.05) is 23.5 Å². The number of hydrogen-bond acceptors (Lipinski definition) is 4. The van der Waals surface area contributed by atoms with Crippen LogP contribution in [0.5, 0.6) is 5.75 Å². The van der Waals surface area contributed by atoms with E-state index in [1.54, 1.807) is 7.11 Å². The molecule has 0 N–H and O–H groups in total. The highest BCUT2D eigenvalue weighted by Gasteiger charge is 2.21. The monoisotopic (exact) mass is 376 g/mol. The van der Waals surface area contributed by atoms with Crippen LogP contribution in [-0.2, 0) is 0 Å². The minimum absolute atomic E-state index is 0.605. The number of piperidine rings is 1. The van der Waals surface area contributed by atoms with E-state index in [1.165, 1.54) is 42.9 Å². The molecular formula is C23H28N4O. The van der Waals surface area contributed by atoms with E-state index in [0.29, 0.717) is 6.04 Å². The average Bonchev–Trinajstić information content (AvgIpc) is 3.00. The van der Waals surface area contributed by atoms with Gasteiger partial charge in [0.25, 0.3) is 0 Å². The van der Waals surface area contributed by atoms with Crippen molar-refractivity contribution in [2.45, 2.75) is 32.7 Å². The first-order valence-electron chi connectivity index (χ1n) is 9.91. The van der Waals surface area contributed by atoms with Crippen molar-refractivity contribution in [2.75, 3.05) is 27.2 Å². The molecule has 1 saturated heterocycles. The molecule has 1 aliphatic rings. The molecular weight excluding hydrogens is 348 g/mol. The fourth-order valence-electron chi connectivity index (χ4n) is 4.17. The largest absolute Gasteiger partial charge is 0.497 e. The van der Waals surface area contributed by atoms with Gasteiger partial charge in [-0.3, -0.25) is 4.98 Å². The predicted octanol–water partition coefficient (Wildman–Crippen LogP) is 4.49. The maximum atomic E-state index is 5.25. The summed E-state index contributed by atoms with van der Waals surface area (Å²) in [5, 5.41) is 0. The maximum absolute atomic E-state index is 5.25. The second-order valence-corrected chi connectivity index (χ2v) is 7.71. The quantitative estimate of drug-likeness (QED) is 0.673. The third-order valence-electron chi connectivity index (χ3n) is 5.78. The number of hydrogen-bond donors (Lipinski definition) is 0. The van der Waals surface area contributed by atoms with Crippen LogP contribution >= 0.6 is 0 Å². The molecule has 1 fully saturated rings. The van der Waals surface area contributed by atoms with E-state index >= 15 is 0 Å². The molecule has 0 radical (unpaired) electrons. The topological polar surface area (TPSA) is 43.2 Å². The van der Waals surface area contributed by atoms with Gasteiger partial charge in [0.05, 0.1) is 30.0 Å². The fraction of sp³-hybridized carbons (Fsp3) is 0.391. The Morgan fingerprint density at radius 2 is 1.86 bits per heavy atom. The molecule has 0 saturated carbocycles. The molecule has 0 atom stereocenters. The van der Waals surface area contributed by atoms with Crippen molar-refractivity contribution in [1.29, 1.82) is 0 Å². The Labute approximate surface area is 166 Å². The van der Waals surface area contributed by atoms with Crippen molar-refractivity contribution in [1.82, 2.24) is 19.4 Å². The number of methoxy groups -OCH3 is 1. The van der Waals surface area contributed by atoms with Crippen molar-refractivity contribution in [3.63, 3.8) is 0 Å². The van der Waals surface area contributed by atoms with Gasteiger partial charge in [-0.25, -0.2) is 4.98 Å². The molecule has 2 aromatic heterocycles. The highest BCUT2D eigenvalue weighted by Crippen LogP contribution is 2.29. The van der Waals surface area contributed by atoms with Crippen LogP contribution in [0.15, 0.2) is 30.5 Å². The minimum Gasteiger partial charge on any atom is -0.497 e. The number of rotatable bonds is 4. The summed E-state index contributed by atoms with van der Waals surface area (Å²) in [5.74, 6) is 0.798. The Morgan fingerprint density at radius 1 is 1.07 bits per heavy atom. The summed E-state index contributed by atoms with van der Waals surface area (Å²) >= 11 is 0. The maximum Gasteiger partial charge on any atom is 0.121 e. The van der Waals surface area contributed by atoms with Gasteiger partial charge in [-0.2, -0.15) is 0 Å². The second-order valence-electron chi connectivity index (χ2n) is 7.71. The number of fused-ring (bicyclic) bond motifs is 1. The van der Waals surface area contributed by atoms with Crippen molar-refractivity contribution < 1.29 is 4.74 Å².